The second-order valence-corrected chi connectivity index (χ2v) is 5.23. The fourth-order valence-electron chi connectivity index (χ4n) is 2.22. The van der Waals surface area contributed by atoms with Gasteiger partial charge in [-0.25, -0.2) is 4.98 Å². The van der Waals surface area contributed by atoms with E-state index in [4.69, 9.17) is 23.2 Å². The van der Waals surface area contributed by atoms with Crippen LogP contribution in [-0.2, 0) is 13.0 Å². The van der Waals surface area contributed by atoms with Gasteiger partial charge in [0.2, 0.25) is 0 Å². The number of hydrogen-bond donors (Lipinski definition) is 1. The van der Waals surface area contributed by atoms with Crippen molar-refractivity contribution in [2.75, 3.05) is 6.54 Å². The van der Waals surface area contributed by atoms with Crippen molar-refractivity contribution in [2.45, 2.75) is 32.9 Å². The van der Waals surface area contributed by atoms with Crippen LogP contribution in [0, 0.1) is 0 Å². The molecule has 0 fully saturated rings. The summed E-state index contributed by atoms with van der Waals surface area (Å²) in [5.41, 5.74) is 0.992. The van der Waals surface area contributed by atoms with Gasteiger partial charge in [-0.2, -0.15) is 5.10 Å². The van der Waals surface area contributed by atoms with Gasteiger partial charge in [-0.05, 0) is 25.1 Å². The maximum absolute atomic E-state index is 6.32. The number of aromatic nitrogens is 3. The standard InChI is InChI=1S/C14H18Cl2N4/c1-3-17-12(8-13-18-9-19-20(13)4-2)10-6-5-7-11(15)14(10)16/h5-7,9,12,17H,3-4,8H2,1-2H3. The van der Waals surface area contributed by atoms with Crippen LogP contribution in [0.15, 0.2) is 24.5 Å². The summed E-state index contributed by atoms with van der Waals surface area (Å²) in [7, 11) is 0. The van der Waals surface area contributed by atoms with E-state index in [1.807, 2.05) is 23.7 Å². The van der Waals surface area contributed by atoms with E-state index in [2.05, 4.69) is 22.3 Å². The van der Waals surface area contributed by atoms with Crippen LogP contribution in [0.5, 0.6) is 0 Å². The van der Waals surface area contributed by atoms with E-state index in [0.717, 1.165) is 30.9 Å². The average Bonchev–Trinajstić information content (AvgIpc) is 2.89. The van der Waals surface area contributed by atoms with Crippen molar-refractivity contribution in [3.63, 3.8) is 0 Å². The molecule has 0 saturated carbocycles. The molecule has 2 aromatic rings. The van der Waals surface area contributed by atoms with E-state index in [9.17, 15) is 0 Å². The van der Waals surface area contributed by atoms with E-state index in [1.165, 1.54) is 0 Å². The lowest BCUT2D eigenvalue weighted by Gasteiger charge is -2.20. The quantitative estimate of drug-likeness (QED) is 0.887. The van der Waals surface area contributed by atoms with Gasteiger partial charge in [0.05, 0.1) is 10.0 Å². The average molecular weight is 313 g/mol. The van der Waals surface area contributed by atoms with Crippen LogP contribution in [-0.4, -0.2) is 21.3 Å². The highest BCUT2D eigenvalue weighted by Gasteiger charge is 2.18. The van der Waals surface area contributed by atoms with Crippen molar-refractivity contribution < 1.29 is 0 Å². The minimum absolute atomic E-state index is 0.0701. The molecule has 1 N–H and O–H groups in total. The number of likely N-dealkylation sites (N-methyl/N-ethyl adjacent to an activating group) is 1. The van der Waals surface area contributed by atoms with E-state index in [0.29, 0.717) is 10.0 Å². The van der Waals surface area contributed by atoms with E-state index >= 15 is 0 Å². The number of halogens is 2. The van der Waals surface area contributed by atoms with E-state index in [1.54, 1.807) is 12.4 Å². The number of aryl methyl sites for hydroxylation is 1. The Morgan fingerprint density at radius 1 is 1.30 bits per heavy atom. The van der Waals surface area contributed by atoms with Crippen molar-refractivity contribution in [2.24, 2.45) is 0 Å². The maximum Gasteiger partial charge on any atom is 0.138 e. The van der Waals surface area contributed by atoms with Gasteiger partial charge in [-0.15, -0.1) is 0 Å². The minimum Gasteiger partial charge on any atom is -0.310 e. The normalized spacial score (nSPS) is 12.6. The molecule has 1 aromatic carbocycles. The van der Waals surface area contributed by atoms with Gasteiger partial charge in [0.15, 0.2) is 0 Å². The zero-order valence-corrected chi connectivity index (χ0v) is 13.1. The molecule has 2 rings (SSSR count). The molecule has 0 spiro atoms. The molecule has 1 aromatic heterocycles. The number of benzene rings is 1. The van der Waals surface area contributed by atoms with Gasteiger partial charge >= 0.3 is 0 Å². The van der Waals surface area contributed by atoms with Crippen LogP contribution >= 0.6 is 23.2 Å². The molecule has 1 heterocycles. The molecule has 0 aliphatic heterocycles. The lowest BCUT2D eigenvalue weighted by atomic mass is 10.0. The smallest absolute Gasteiger partial charge is 0.138 e. The fraction of sp³-hybridized carbons (Fsp3) is 0.429. The molecule has 0 aliphatic rings. The zero-order chi connectivity index (χ0) is 14.5. The van der Waals surface area contributed by atoms with Gasteiger partial charge in [-0.1, -0.05) is 42.3 Å². The predicted octanol–water partition coefficient (Wildman–Crippen LogP) is 3.50. The van der Waals surface area contributed by atoms with Crippen molar-refractivity contribution in [1.82, 2.24) is 20.1 Å². The topological polar surface area (TPSA) is 42.7 Å². The van der Waals surface area contributed by atoms with Crippen LogP contribution in [0.4, 0.5) is 0 Å². The Morgan fingerprint density at radius 2 is 2.10 bits per heavy atom. The Kier molecular flexibility index (Phi) is 5.40. The Morgan fingerprint density at radius 3 is 2.80 bits per heavy atom. The Hall–Kier alpha value is -1.10. The molecular formula is C14H18Cl2N4. The van der Waals surface area contributed by atoms with Crippen LogP contribution < -0.4 is 5.32 Å². The Labute approximate surface area is 129 Å². The third-order valence-electron chi connectivity index (χ3n) is 3.19. The molecule has 108 valence electrons. The summed E-state index contributed by atoms with van der Waals surface area (Å²) in [6.07, 6.45) is 2.31. The maximum atomic E-state index is 6.32. The number of hydrogen-bond acceptors (Lipinski definition) is 3. The highest BCUT2D eigenvalue weighted by Crippen LogP contribution is 2.31. The summed E-state index contributed by atoms with van der Waals surface area (Å²) in [5.74, 6) is 0.939. The second-order valence-electron chi connectivity index (χ2n) is 4.45. The van der Waals surface area contributed by atoms with Gasteiger partial charge < -0.3 is 5.32 Å². The first-order chi connectivity index (χ1) is 9.67. The predicted molar refractivity (Wildman–Crippen MR) is 82.3 cm³/mol. The van der Waals surface area contributed by atoms with Gasteiger partial charge in [0, 0.05) is 19.0 Å². The molecule has 0 saturated heterocycles. The molecule has 0 amide bonds. The summed E-state index contributed by atoms with van der Waals surface area (Å²) in [6, 6.07) is 5.78. The lowest BCUT2D eigenvalue weighted by molar-refractivity contribution is 0.510. The first-order valence-corrected chi connectivity index (χ1v) is 7.46. The molecule has 0 aliphatic carbocycles. The van der Waals surface area contributed by atoms with Crippen LogP contribution in [0.25, 0.3) is 0 Å². The van der Waals surface area contributed by atoms with Crippen LogP contribution in [0.3, 0.4) is 0 Å². The number of nitrogens with one attached hydrogen (secondary N) is 1. The van der Waals surface area contributed by atoms with Crippen molar-refractivity contribution in [3.8, 4) is 0 Å². The van der Waals surface area contributed by atoms with Crippen molar-refractivity contribution in [3.05, 3.63) is 46.0 Å². The third-order valence-corrected chi connectivity index (χ3v) is 4.02. The second kappa shape index (κ2) is 7.07. The minimum atomic E-state index is 0.0701. The van der Waals surface area contributed by atoms with Gasteiger partial charge in [-0.3, -0.25) is 4.68 Å². The van der Waals surface area contributed by atoms with Crippen molar-refractivity contribution >= 4 is 23.2 Å². The SMILES string of the molecule is CCNC(Cc1ncnn1CC)c1cccc(Cl)c1Cl. The summed E-state index contributed by atoms with van der Waals surface area (Å²) in [4.78, 5) is 4.32. The van der Waals surface area contributed by atoms with Crippen LogP contribution in [0.2, 0.25) is 10.0 Å². The summed E-state index contributed by atoms with van der Waals surface area (Å²) >= 11 is 12.4. The monoisotopic (exact) mass is 312 g/mol. The van der Waals surface area contributed by atoms with E-state index < -0.39 is 0 Å². The highest BCUT2D eigenvalue weighted by atomic mass is 35.5. The highest BCUT2D eigenvalue weighted by molar-refractivity contribution is 6.42. The molecule has 0 radical (unpaired) electrons. The Balaban J connectivity index is 2.29. The molecule has 20 heavy (non-hydrogen) atoms. The van der Waals surface area contributed by atoms with Crippen LogP contribution in [0.1, 0.15) is 31.3 Å². The zero-order valence-electron chi connectivity index (χ0n) is 11.6. The molecule has 4 nitrogen and oxygen atoms in total. The number of nitrogens with zero attached hydrogens (tertiary/aromatic N) is 3. The van der Waals surface area contributed by atoms with Gasteiger partial charge in [0.25, 0.3) is 0 Å². The summed E-state index contributed by atoms with van der Waals surface area (Å²) < 4.78 is 1.89. The van der Waals surface area contributed by atoms with Crippen molar-refractivity contribution in [1.29, 1.82) is 0 Å². The first-order valence-electron chi connectivity index (χ1n) is 6.71. The lowest BCUT2D eigenvalue weighted by Crippen LogP contribution is -2.25. The largest absolute Gasteiger partial charge is 0.310 e. The molecule has 1 atom stereocenters. The third kappa shape index (κ3) is 3.32. The molecule has 6 heteroatoms. The fourth-order valence-corrected chi connectivity index (χ4v) is 2.66. The molecular weight excluding hydrogens is 295 g/mol. The Bertz CT molecular complexity index is 568. The molecule has 0 bridgehead atoms. The first kappa shape index (κ1) is 15.3. The summed E-state index contributed by atoms with van der Waals surface area (Å²) in [6.45, 7) is 5.76. The molecule has 1 unspecified atom stereocenters. The van der Waals surface area contributed by atoms with E-state index in [-0.39, 0.29) is 6.04 Å². The summed E-state index contributed by atoms with van der Waals surface area (Å²) in [5, 5.41) is 8.81. The van der Waals surface area contributed by atoms with Gasteiger partial charge in [0.1, 0.15) is 12.2 Å². The number of rotatable bonds is 6.